The van der Waals surface area contributed by atoms with Crippen molar-refractivity contribution < 1.29 is 39.0 Å². The molecule has 4 amide bonds. The number of carbonyl (C=O) groups excluding carboxylic acids is 4. The Hall–Kier alpha value is -4.46. The van der Waals surface area contributed by atoms with Crippen molar-refractivity contribution in [3.8, 4) is 0 Å². The molecule has 200 valence electrons. The smallest absolute Gasteiger partial charge is 0.326 e. The molecular formula is C23H30N6O8. The van der Waals surface area contributed by atoms with Gasteiger partial charge in [0.1, 0.15) is 18.1 Å². The van der Waals surface area contributed by atoms with Gasteiger partial charge in [0.2, 0.25) is 23.6 Å². The zero-order valence-corrected chi connectivity index (χ0v) is 20.0. The van der Waals surface area contributed by atoms with Gasteiger partial charge in [-0.1, -0.05) is 18.2 Å². The van der Waals surface area contributed by atoms with Crippen molar-refractivity contribution >= 4 is 46.5 Å². The molecular weight excluding hydrogens is 488 g/mol. The van der Waals surface area contributed by atoms with E-state index in [-0.39, 0.29) is 19.3 Å². The van der Waals surface area contributed by atoms with Crippen molar-refractivity contribution in [1.29, 1.82) is 0 Å². The first kappa shape index (κ1) is 28.8. The molecule has 1 aromatic heterocycles. The van der Waals surface area contributed by atoms with Crippen LogP contribution in [0, 0.1) is 0 Å². The number of carboxylic acid groups (broad SMARTS) is 2. The van der Waals surface area contributed by atoms with Gasteiger partial charge in [0.25, 0.3) is 0 Å². The number of para-hydroxylation sites is 1. The fraction of sp³-hybridized carbons (Fsp3) is 0.391. The summed E-state index contributed by atoms with van der Waals surface area (Å²) >= 11 is 0. The van der Waals surface area contributed by atoms with Gasteiger partial charge in [-0.25, -0.2) is 4.79 Å². The summed E-state index contributed by atoms with van der Waals surface area (Å²) in [5, 5.41) is 25.7. The number of amides is 4. The maximum atomic E-state index is 12.7. The van der Waals surface area contributed by atoms with Gasteiger partial charge in [0.05, 0.1) is 12.5 Å². The number of primary amides is 1. The molecule has 0 spiro atoms. The van der Waals surface area contributed by atoms with Crippen LogP contribution in [0.5, 0.6) is 0 Å². The van der Waals surface area contributed by atoms with Gasteiger partial charge in [0, 0.05) is 23.5 Å². The van der Waals surface area contributed by atoms with Crippen LogP contribution in [0.15, 0.2) is 30.5 Å². The molecule has 10 N–H and O–H groups in total. The van der Waals surface area contributed by atoms with E-state index in [0.717, 1.165) is 16.5 Å². The third kappa shape index (κ3) is 8.61. The van der Waals surface area contributed by atoms with E-state index in [0.29, 0.717) is 0 Å². The third-order valence-corrected chi connectivity index (χ3v) is 5.51. The summed E-state index contributed by atoms with van der Waals surface area (Å²) in [7, 11) is 0. The first-order valence-electron chi connectivity index (χ1n) is 11.3. The lowest BCUT2D eigenvalue weighted by atomic mass is 10.0. The molecule has 0 aliphatic heterocycles. The molecule has 2 aromatic rings. The molecule has 2 rings (SSSR count). The number of aromatic amines is 1. The highest BCUT2D eigenvalue weighted by Crippen LogP contribution is 2.18. The Labute approximate surface area is 211 Å². The Morgan fingerprint density at radius 2 is 1.59 bits per heavy atom. The van der Waals surface area contributed by atoms with Gasteiger partial charge < -0.3 is 42.6 Å². The molecule has 0 radical (unpaired) electrons. The number of hydrogen-bond donors (Lipinski definition) is 8. The van der Waals surface area contributed by atoms with Crippen molar-refractivity contribution in [1.82, 2.24) is 20.9 Å². The van der Waals surface area contributed by atoms with Crippen LogP contribution in [0.1, 0.15) is 31.7 Å². The highest BCUT2D eigenvalue weighted by Gasteiger charge is 2.30. The van der Waals surface area contributed by atoms with Crippen LogP contribution in [0.3, 0.4) is 0 Å². The van der Waals surface area contributed by atoms with Crippen LogP contribution in [-0.2, 0) is 35.2 Å². The molecule has 1 aromatic carbocycles. The van der Waals surface area contributed by atoms with E-state index >= 15 is 0 Å². The van der Waals surface area contributed by atoms with E-state index in [9.17, 15) is 28.8 Å². The minimum absolute atomic E-state index is 0.188. The minimum Gasteiger partial charge on any atom is -0.481 e. The zero-order valence-electron chi connectivity index (χ0n) is 20.0. The van der Waals surface area contributed by atoms with Crippen LogP contribution in [0.4, 0.5) is 0 Å². The topological polar surface area (TPSA) is 247 Å². The number of nitrogens with two attached hydrogens (primary N) is 2. The lowest BCUT2D eigenvalue weighted by Gasteiger charge is -2.23. The van der Waals surface area contributed by atoms with Crippen molar-refractivity contribution in [2.45, 2.75) is 56.8 Å². The van der Waals surface area contributed by atoms with Gasteiger partial charge in [0.15, 0.2) is 0 Å². The summed E-state index contributed by atoms with van der Waals surface area (Å²) in [5.74, 6) is -6.32. The van der Waals surface area contributed by atoms with E-state index in [1.165, 1.54) is 6.92 Å². The Balaban J connectivity index is 2.01. The van der Waals surface area contributed by atoms with Crippen molar-refractivity contribution in [2.24, 2.45) is 11.5 Å². The monoisotopic (exact) mass is 518 g/mol. The lowest BCUT2D eigenvalue weighted by Crippen LogP contribution is -2.56. The van der Waals surface area contributed by atoms with E-state index in [4.69, 9.17) is 21.7 Å². The average Bonchev–Trinajstić information content (AvgIpc) is 3.23. The van der Waals surface area contributed by atoms with Gasteiger partial charge >= 0.3 is 11.9 Å². The van der Waals surface area contributed by atoms with E-state index in [2.05, 4.69) is 15.6 Å². The number of nitrogens with one attached hydrogen (secondary N) is 4. The maximum Gasteiger partial charge on any atom is 0.326 e. The number of benzene rings is 1. The number of aliphatic carboxylic acids is 2. The highest BCUT2D eigenvalue weighted by atomic mass is 16.4. The molecule has 0 fully saturated rings. The molecule has 14 nitrogen and oxygen atoms in total. The zero-order chi connectivity index (χ0) is 27.7. The molecule has 0 aliphatic carbocycles. The predicted octanol–water partition coefficient (Wildman–Crippen LogP) is -1.66. The average molecular weight is 519 g/mol. The number of H-pyrrole nitrogens is 1. The van der Waals surface area contributed by atoms with Crippen molar-refractivity contribution in [3.63, 3.8) is 0 Å². The molecule has 0 saturated carbocycles. The van der Waals surface area contributed by atoms with Crippen molar-refractivity contribution in [2.75, 3.05) is 0 Å². The van der Waals surface area contributed by atoms with E-state index in [1.54, 1.807) is 6.20 Å². The first-order chi connectivity index (χ1) is 17.4. The number of hydrogen-bond acceptors (Lipinski definition) is 7. The fourth-order valence-corrected chi connectivity index (χ4v) is 3.52. The number of rotatable bonds is 14. The Morgan fingerprint density at radius 3 is 2.22 bits per heavy atom. The molecule has 0 saturated heterocycles. The van der Waals surface area contributed by atoms with Crippen LogP contribution < -0.4 is 27.4 Å². The summed E-state index contributed by atoms with van der Waals surface area (Å²) < 4.78 is 0. The van der Waals surface area contributed by atoms with Crippen LogP contribution in [0.25, 0.3) is 10.9 Å². The van der Waals surface area contributed by atoms with Crippen LogP contribution in [0.2, 0.25) is 0 Å². The second kappa shape index (κ2) is 13.0. The quantitative estimate of drug-likeness (QED) is 0.142. The molecule has 37 heavy (non-hydrogen) atoms. The number of fused-ring (bicyclic) bond motifs is 1. The second-order valence-corrected chi connectivity index (χ2v) is 8.46. The van der Waals surface area contributed by atoms with Gasteiger partial charge in [-0.2, -0.15) is 0 Å². The Morgan fingerprint density at radius 1 is 0.946 bits per heavy atom. The number of aromatic nitrogens is 1. The van der Waals surface area contributed by atoms with Crippen LogP contribution in [-0.4, -0.2) is 74.9 Å². The molecule has 1 heterocycles. The van der Waals surface area contributed by atoms with Gasteiger partial charge in [-0.15, -0.1) is 0 Å². The summed E-state index contributed by atoms with van der Waals surface area (Å²) in [6.07, 6.45) is 0.412. The van der Waals surface area contributed by atoms with Crippen molar-refractivity contribution in [3.05, 3.63) is 36.0 Å². The summed E-state index contributed by atoms with van der Waals surface area (Å²) in [4.78, 5) is 74.2. The standard InChI is InChI=1S/C23H30N6O8/c1-11(27-21(34)14(24)8-12-10-26-15-5-3-2-4-13(12)15)20(33)28-16(6-7-18(25)30)22(35)29-17(23(36)37)9-19(31)32/h2-5,10-11,14,16-17,26H,6-9,24H2,1H3,(H2,25,30)(H,27,34)(H,28,33)(H,29,35)(H,31,32)(H,36,37). The van der Waals surface area contributed by atoms with E-state index < -0.39 is 66.2 Å². The molecule has 0 aliphatic rings. The molecule has 14 heteroatoms. The lowest BCUT2D eigenvalue weighted by molar-refractivity contribution is -0.147. The Kier molecular flexibility index (Phi) is 10.1. The molecule has 4 unspecified atom stereocenters. The third-order valence-electron chi connectivity index (χ3n) is 5.51. The summed E-state index contributed by atoms with van der Waals surface area (Å²) in [6, 6.07) is 2.14. The summed E-state index contributed by atoms with van der Waals surface area (Å²) in [6.45, 7) is 1.35. The second-order valence-electron chi connectivity index (χ2n) is 8.46. The van der Waals surface area contributed by atoms with E-state index in [1.807, 2.05) is 29.6 Å². The molecule has 0 bridgehead atoms. The normalized spacial score (nSPS) is 14.1. The van der Waals surface area contributed by atoms with Gasteiger partial charge in [-0.3, -0.25) is 24.0 Å². The SMILES string of the molecule is CC(NC(=O)C(N)Cc1c[nH]c2ccccc12)C(=O)NC(CCC(N)=O)C(=O)NC(CC(=O)O)C(=O)O. The fourth-order valence-electron chi connectivity index (χ4n) is 3.52. The number of carboxylic acids is 2. The number of carbonyl (C=O) groups is 6. The minimum atomic E-state index is -1.77. The maximum absolute atomic E-state index is 12.7. The van der Waals surface area contributed by atoms with Gasteiger partial charge in [-0.05, 0) is 31.4 Å². The Bertz CT molecular complexity index is 1180. The predicted molar refractivity (Wildman–Crippen MR) is 130 cm³/mol. The summed E-state index contributed by atoms with van der Waals surface area (Å²) in [5.41, 5.74) is 12.8. The highest BCUT2D eigenvalue weighted by molar-refractivity contribution is 5.95. The van der Waals surface area contributed by atoms with Crippen LogP contribution >= 0.6 is 0 Å². The first-order valence-corrected chi connectivity index (χ1v) is 11.3. The molecule has 4 atom stereocenters. The largest absolute Gasteiger partial charge is 0.481 e.